The van der Waals surface area contributed by atoms with E-state index in [-0.39, 0.29) is 5.97 Å². The van der Waals surface area contributed by atoms with Gasteiger partial charge < -0.3 is 10.1 Å². The molecule has 0 amide bonds. The number of hydrogen-bond donors (Lipinski definition) is 1. The van der Waals surface area contributed by atoms with Crippen LogP contribution in [0.3, 0.4) is 0 Å². The van der Waals surface area contributed by atoms with E-state index in [9.17, 15) is 4.79 Å². The van der Waals surface area contributed by atoms with Crippen molar-refractivity contribution in [3.8, 4) is 0 Å². The molecular weight excluding hydrogens is 142 g/mol. The van der Waals surface area contributed by atoms with Crippen LogP contribution in [0.25, 0.3) is 0 Å². The number of nitrogens with one attached hydrogen (secondary N) is 1. The predicted molar refractivity (Wildman–Crippen MR) is 42.1 cm³/mol. The Kier molecular flexibility index (Phi) is 3.11. The molecule has 0 aromatic carbocycles. The van der Waals surface area contributed by atoms with Gasteiger partial charge in [-0.25, -0.2) is 4.79 Å². The highest BCUT2D eigenvalue weighted by Gasteiger charge is 2.10. The molecule has 1 saturated heterocycles. The Morgan fingerprint density at radius 1 is 1.73 bits per heavy atom. The van der Waals surface area contributed by atoms with Gasteiger partial charge in [-0.1, -0.05) is 6.08 Å². The van der Waals surface area contributed by atoms with Gasteiger partial charge in [0.2, 0.25) is 0 Å². The highest BCUT2D eigenvalue weighted by molar-refractivity contribution is 5.81. The van der Waals surface area contributed by atoms with Gasteiger partial charge in [-0.05, 0) is 18.9 Å². The third-order valence-electron chi connectivity index (χ3n) is 1.80. The minimum Gasteiger partial charge on any atom is -0.466 e. The fourth-order valence-corrected chi connectivity index (χ4v) is 1.12. The van der Waals surface area contributed by atoms with Gasteiger partial charge in [0.05, 0.1) is 7.11 Å². The molecule has 1 aliphatic rings. The smallest absolute Gasteiger partial charge is 0.330 e. The summed E-state index contributed by atoms with van der Waals surface area (Å²) in [4.78, 5) is 10.6. The zero-order valence-electron chi connectivity index (χ0n) is 6.67. The molecule has 0 spiro atoms. The molecule has 1 fully saturated rings. The van der Waals surface area contributed by atoms with Crippen molar-refractivity contribution in [2.75, 3.05) is 20.2 Å². The van der Waals surface area contributed by atoms with Gasteiger partial charge >= 0.3 is 5.97 Å². The van der Waals surface area contributed by atoms with Crippen LogP contribution in [0.2, 0.25) is 0 Å². The fourth-order valence-electron chi connectivity index (χ4n) is 1.12. The van der Waals surface area contributed by atoms with Crippen LogP contribution >= 0.6 is 0 Å². The molecule has 1 unspecified atom stereocenters. The monoisotopic (exact) mass is 155 g/mol. The second-order valence-electron chi connectivity index (χ2n) is 2.64. The molecular formula is C8H13NO2. The average molecular weight is 155 g/mol. The van der Waals surface area contributed by atoms with E-state index < -0.39 is 0 Å². The van der Waals surface area contributed by atoms with E-state index in [1.807, 2.05) is 6.08 Å². The standard InChI is InChI=1S/C8H13NO2/c1-11-8(10)3-2-7-4-5-9-6-7/h2-3,7,9H,4-6H2,1H3. The van der Waals surface area contributed by atoms with Crippen molar-refractivity contribution < 1.29 is 9.53 Å². The summed E-state index contributed by atoms with van der Waals surface area (Å²) in [5, 5.41) is 3.21. The van der Waals surface area contributed by atoms with Crippen molar-refractivity contribution in [2.45, 2.75) is 6.42 Å². The van der Waals surface area contributed by atoms with Crippen LogP contribution in [-0.4, -0.2) is 26.2 Å². The third-order valence-corrected chi connectivity index (χ3v) is 1.80. The summed E-state index contributed by atoms with van der Waals surface area (Å²) < 4.78 is 4.46. The van der Waals surface area contributed by atoms with Gasteiger partial charge in [0, 0.05) is 12.6 Å². The van der Waals surface area contributed by atoms with Crippen molar-refractivity contribution in [3.63, 3.8) is 0 Å². The first-order chi connectivity index (χ1) is 5.33. The normalized spacial score (nSPS) is 24.3. The Hall–Kier alpha value is -0.830. The number of rotatable bonds is 2. The van der Waals surface area contributed by atoms with Gasteiger partial charge in [0.25, 0.3) is 0 Å². The van der Waals surface area contributed by atoms with Crippen LogP contribution in [0.1, 0.15) is 6.42 Å². The maximum absolute atomic E-state index is 10.6. The molecule has 3 heteroatoms. The molecule has 0 bridgehead atoms. The molecule has 62 valence electrons. The minimum atomic E-state index is -0.267. The van der Waals surface area contributed by atoms with E-state index in [2.05, 4.69) is 10.1 Å². The van der Waals surface area contributed by atoms with Crippen LogP contribution in [0, 0.1) is 5.92 Å². The molecule has 0 aromatic heterocycles. The molecule has 1 atom stereocenters. The summed E-state index contributed by atoms with van der Waals surface area (Å²) in [5.74, 6) is 0.242. The summed E-state index contributed by atoms with van der Waals surface area (Å²) in [7, 11) is 1.39. The van der Waals surface area contributed by atoms with Gasteiger partial charge in [-0.3, -0.25) is 0 Å². The van der Waals surface area contributed by atoms with E-state index in [0.717, 1.165) is 19.5 Å². The van der Waals surface area contributed by atoms with Crippen molar-refractivity contribution in [1.82, 2.24) is 5.32 Å². The second kappa shape index (κ2) is 4.13. The number of ether oxygens (including phenoxy) is 1. The molecule has 0 radical (unpaired) electrons. The zero-order chi connectivity index (χ0) is 8.10. The number of carbonyl (C=O) groups is 1. The molecule has 0 aromatic rings. The first-order valence-corrected chi connectivity index (χ1v) is 3.80. The van der Waals surface area contributed by atoms with E-state index in [0.29, 0.717) is 5.92 Å². The maximum atomic E-state index is 10.6. The van der Waals surface area contributed by atoms with E-state index in [4.69, 9.17) is 0 Å². The molecule has 1 heterocycles. The van der Waals surface area contributed by atoms with Gasteiger partial charge in [0.15, 0.2) is 0 Å². The number of esters is 1. The Morgan fingerprint density at radius 2 is 2.55 bits per heavy atom. The number of carbonyl (C=O) groups excluding carboxylic acids is 1. The summed E-state index contributed by atoms with van der Waals surface area (Å²) in [5.41, 5.74) is 0. The summed E-state index contributed by atoms with van der Waals surface area (Å²) in [6.07, 6.45) is 4.52. The fraction of sp³-hybridized carbons (Fsp3) is 0.625. The molecule has 1 aliphatic heterocycles. The summed E-state index contributed by atoms with van der Waals surface area (Å²) in [6.45, 7) is 2.03. The molecule has 1 N–H and O–H groups in total. The molecule has 11 heavy (non-hydrogen) atoms. The molecule has 0 aliphatic carbocycles. The molecule has 3 nitrogen and oxygen atoms in total. The first kappa shape index (κ1) is 8.27. The lowest BCUT2D eigenvalue weighted by molar-refractivity contribution is -0.134. The van der Waals surface area contributed by atoms with Crippen molar-refractivity contribution in [3.05, 3.63) is 12.2 Å². The maximum Gasteiger partial charge on any atom is 0.330 e. The first-order valence-electron chi connectivity index (χ1n) is 3.80. The highest BCUT2D eigenvalue weighted by Crippen LogP contribution is 2.08. The third kappa shape index (κ3) is 2.72. The number of hydrogen-bond acceptors (Lipinski definition) is 3. The lowest BCUT2D eigenvalue weighted by atomic mass is 10.1. The van der Waals surface area contributed by atoms with Crippen LogP contribution in [0.4, 0.5) is 0 Å². The highest BCUT2D eigenvalue weighted by atomic mass is 16.5. The lowest BCUT2D eigenvalue weighted by Gasteiger charge is -1.97. The van der Waals surface area contributed by atoms with E-state index >= 15 is 0 Å². The zero-order valence-corrected chi connectivity index (χ0v) is 6.67. The summed E-state index contributed by atoms with van der Waals surface area (Å²) >= 11 is 0. The van der Waals surface area contributed by atoms with Crippen LogP contribution in [0.15, 0.2) is 12.2 Å². The quantitative estimate of drug-likeness (QED) is 0.461. The van der Waals surface area contributed by atoms with Crippen LogP contribution < -0.4 is 5.32 Å². The second-order valence-corrected chi connectivity index (χ2v) is 2.64. The van der Waals surface area contributed by atoms with Gasteiger partial charge in [0.1, 0.15) is 0 Å². The summed E-state index contributed by atoms with van der Waals surface area (Å²) in [6, 6.07) is 0. The average Bonchev–Trinajstić information content (AvgIpc) is 2.52. The van der Waals surface area contributed by atoms with Crippen LogP contribution in [0.5, 0.6) is 0 Å². The van der Waals surface area contributed by atoms with Crippen molar-refractivity contribution >= 4 is 5.97 Å². The Bertz CT molecular complexity index is 159. The van der Waals surface area contributed by atoms with Crippen LogP contribution in [-0.2, 0) is 9.53 Å². The van der Waals surface area contributed by atoms with Gasteiger partial charge in [-0.15, -0.1) is 0 Å². The van der Waals surface area contributed by atoms with Crippen molar-refractivity contribution in [2.24, 2.45) is 5.92 Å². The Labute approximate surface area is 66.4 Å². The Morgan fingerprint density at radius 3 is 3.09 bits per heavy atom. The Balaban J connectivity index is 2.27. The molecule has 1 rings (SSSR count). The van der Waals surface area contributed by atoms with E-state index in [1.165, 1.54) is 13.2 Å². The minimum absolute atomic E-state index is 0.267. The van der Waals surface area contributed by atoms with Gasteiger partial charge in [-0.2, -0.15) is 0 Å². The predicted octanol–water partition coefficient (Wildman–Crippen LogP) is 0.325. The van der Waals surface area contributed by atoms with E-state index in [1.54, 1.807) is 0 Å². The lowest BCUT2D eigenvalue weighted by Crippen LogP contribution is -2.07. The molecule has 0 saturated carbocycles. The number of methoxy groups -OCH3 is 1. The topological polar surface area (TPSA) is 38.3 Å². The SMILES string of the molecule is COC(=O)C=CC1CCNC1. The van der Waals surface area contributed by atoms with Crippen molar-refractivity contribution in [1.29, 1.82) is 0 Å². The largest absolute Gasteiger partial charge is 0.466 e.